The molecule has 0 aromatic heterocycles. The van der Waals surface area contributed by atoms with Crippen LogP contribution in [0.2, 0.25) is 0 Å². The highest BCUT2D eigenvalue weighted by Crippen LogP contribution is 2.45. The molecule has 76 valence electrons. The average molecular weight is 215 g/mol. The van der Waals surface area contributed by atoms with Gasteiger partial charge in [0.15, 0.2) is 0 Å². The van der Waals surface area contributed by atoms with Crippen molar-refractivity contribution in [3.8, 4) is 5.75 Å². The minimum atomic E-state index is -0.335. The molecule has 0 saturated heterocycles. The largest absolute Gasteiger partial charge is 0.487 e. The summed E-state index contributed by atoms with van der Waals surface area (Å²) in [6.07, 6.45) is 0. The molecule has 0 radical (unpaired) electrons. The average Bonchev–Trinajstić information content (AvgIpc) is 2.34. The molecule has 1 aromatic rings. The van der Waals surface area contributed by atoms with Gasteiger partial charge in [-0.05, 0) is 32.0 Å². The smallest absolute Gasteiger partial charge is 0.124 e. The van der Waals surface area contributed by atoms with Crippen molar-refractivity contribution in [2.75, 3.05) is 5.88 Å². The Kier molecular flexibility index (Phi) is 2.18. The van der Waals surface area contributed by atoms with E-state index in [1.54, 1.807) is 6.07 Å². The third-order valence-corrected chi connectivity index (χ3v) is 3.02. The lowest BCUT2D eigenvalue weighted by molar-refractivity contribution is 0.117. The van der Waals surface area contributed by atoms with Gasteiger partial charge < -0.3 is 4.74 Å². The zero-order chi connectivity index (χ0) is 10.3. The summed E-state index contributed by atoms with van der Waals surface area (Å²) in [6, 6.07) is 4.58. The fourth-order valence-corrected chi connectivity index (χ4v) is 2.42. The van der Waals surface area contributed by atoms with Crippen LogP contribution < -0.4 is 4.74 Å². The maximum Gasteiger partial charge on any atom is 0.124 e. The predicted octanol–water partition coefficient (Wildman–Crippen LogP) is 3.32. The van der Waals surface area contributed by atoms with Gasteiger partial charge in [0, 0.05) is 17.4 Å². The van der Waals surface area contributed by atoms with Crippen LogP contribution in [0.5, 0.6) is 5.75 Å². The van der Waals surface area contributed by atoms with Crippen molar-refractivity contribution in [2.45, 2.75) is 25.4 Å². The number of rotatable bonds is 1. The van der Waals surface area contributed by atoms with Crippen molar-refractivity contribution in [2.24, 2.45) is 0 Å². The Hall–Kier alpha value is -0.760. The number of alkyl halides is 1. The predicted molar refractivity (Wildman–Crippen MR) is 54.6 cm³/mol. The van der Waals surface area contributed by atoms with Crippen LogP contribution in [0.3, 0.4) is 0 Å². The molecule has 0 spiro atoms. The standard InChI is InChI=1S/C11H12ClFO/c1-11(2)9(6-12)8-5-7(13)3-4-10(8)14-11/h3-5,9H,6H2,1-2H3. The van der Waals surface area contributed by atoms with Crippen molar-refractivity contribution in [1.82, 2.24) is 0 Å². The van der Waals surface area contributed by atoms with E-state index in [9.17, 15) is 4.39 Å². The first kappa shape index (κ1) is 9.78. The second kappa shape index (κ2) is 3.13. The minimum Gasteiger partial charge on any atom is -0.487 e. The highest BCUT2D eigenvalue weighted by molar-refractivity contribution is 6.18. The molecule has 1 atom stereocenters. The Balaban J connectivity index is 2.49. The van der Waals surface area contributed by atoms with E-state index in [1.165, 1.54) is 12.1 Å². The van der Waals surface area contributed by atoms with E-state index in [-0.39, 0.29) is 17.3 Å². The summed E-state index contributed by atoms with van der Waals surface area (Å²) in [5.41, 5.74) is 0.544. The quantitative estimate of drug-likeness (QED) is 0.652. The van der Waals surface area contributed by atoms with Gasteiger partial charge in [0.25, 0.3) is 0 Å². The van der Waals surface area contributed by atoms with Gasteiger partial charge in [-0.25, -0.2) is 4.39 Å². The molecule has 1 aliphatic rings. The second-order valence-corrected chi connectivity index (χ2v) is 4.40. The molecule has 3 heteroatoms. The fraction of sp³-hybridized carbons (Fsp3) is 0.455. The van der Waals surface area contributed by atoms with Gasteiger partial charge in [0.05, 0.1) is 0 Å². The highest BCUT2D eigenvalue weighted by Gasteiger charge is 2.40. The number of benzene rings is 1. The molecule has 0 saturated carbocycles. The number of halogens is 2. The van der Waals surface area contributed by atoms with E-state index in [0.717, 1.165) is 11.3 Å². The van der Waals surface area contributed by atoms with Crippen LogP contribution in [-0.4, -0.2) is 11.5 Å². The Bertz CT molecular complexity index is 362. The van der Waals surface area contributed by atoms with Crippen LogP contribution in [0.1, 0.15) is 25.3 Å². The van der Waals surface area contributed by atoms with E-state index in [2.05, 4.69) is 0 Å². The lowest BCUT2D eigenvalue weighted by Gasteiger charge is -2.24. The molecule has 1 aromatic carbocycles. The first-order valence-corrected chi connectivity index (χ1v) is 5.12. The molecule has 0 fully saturated rings. The molecule has 0 bridgehead atoms. The Morgan fingerprint density at radius 2 is 2.21 bits per heavy atom. The van der Waals surface area contributed by atoms with Crippen molar-refractivity contribution >= 4 is 11.6 Å². The van der Waals surface area contributed by atoms with Gasteiger partial charge in [-0.1, -0.05) is 0 Å². The zero-order valence-corrected chi connectivity index (χ0v) is 8.94. The lowest BCUT2D eigenvalue weighted by Crippen LogP contribution is -2.31. The van der Waals surface area contributed by atoms with Crippen LogP contribution in [0.4, 0.5) is 4.39 Å². The Morgan fingerprint density at radius 3 is 2.86 bits per heavy atom. The highest BCUT2D eigenvalue weighted by atomic mass is 35.5. The molecular formula is C11H12ClFO. The van der Waals surface area contributed by atoms with Crippen molar-refractivity contribution < 1.29 is 9.13 Å². The third-order valence-electron chi connectivity index (χ3n) is 2.71. The molecule has 0 aliphatic carbocycles. The van der Waals surface area contributed by atoms with E-state index < -0.39 is 0 Å². The van der Waals surface area contributed by atoms with Crippen LogP contribution in [-0.2, 0) is 0 Å². The van der Waals surface area contributed by atoms with Crippen molar-refractivity contribution in [3.05, 3.63) is 29.6 Å². The molecular weight excluding hydrogens is 203 g/mol. The van der Waals surface area contributed by atoms with Gasteiger partial charge >= 0.3 is 0 Å². The summed E-state index contributed by atoms with van der Waals surface area (Å²) >= 11 is 5.87. The third kappa shape index (κ3) is 1.38. The molecule has 14 heavy (non-hydrogen) atoms. The molecule has 2 rings (SSSR count). The molecule has 1 heterocycles. The Labute approximate surface area is 87.8 Å². The number of hydrogen-bond donors (Lipinski definition) is 0. The molecule has 1 unspecified atom stereocenters. The second-order valence-electron chi connectivity index (χ2n) is 4.09. The number of hydrogen-bond acceptors (Lipinski definition) is 1. The van der Waals surface area contributed by atoms with Gasteiger partial charge in [-0.3, -0.25) is 0 Å². The summed E-state index contributed by atoms with van der Waals surface area (Å²) in [6.45, 7) is 3.94. The van der Waals surface area contributed by atoms with Crippen LogP contribution in [0, 0.1) is 5.82 Å². The molecule has 0 amide bonds. The summed E-state index contributed by atoms with van der Waals surface area (Å²) in [5, 5.41) is 0. The van der Waals surface area contributed by atoms with E-state index in [1.807, 2.05) is 13.8 Å². The molecule has 1 nitrogen and oxygen atoms in total. The summed E-state index contributed by atoms with van der Waals surface area (Å²) < 4.78 is 18.7. The summed E-state index contributed by atoms with van der Waals surface area (Å²) in [4.78, 5) is 0. The first-order valence-electron chi connectivity index (χ1n) is 4.59. The monoisotopic (exact) mass is 214 g/mol. The zero-order valence-electron chi connectivity index (χ0n) is 8.18. The van der Waals surface area contributed by atoms with Crippen LogP contribution in [0.25, 0.3) is 0 Å². The van der Waals surface area contributed by atoms with Gasteiger partial charge in [0.2, 0.25) is 0 Å². The first-order chi connectivity index (χ1) is 6.54. The Morgan fingerprint density at radius 1 is 1.50 bits per heavy atom. The lowest BCUT2D eigenvalue weighted by atomic mass is 9.89. The topological polar surface area (TPSA) is 9.23 Å². The van der Waals surface area contributed by atoms with Gasteiger partial charge in [-0.15, -0.1) is 11.6 Å². The van der Waals surface area contributed by atoms with Crippen molar-refractivity contribution in [1.29, 1.82) is 0 Å². The fourth-order valence-electron chi connectivity index (χ4n) is 1.88. The van der Waals surface area contributed by atoms with E-state index >= 15 is 0 Å². The minimum absolute atomic E-state index is 0.0647. The van der Waals surface area contributed by atoms with Gasteiger partial charge in [-0.2, -0.15) is 0 Å². The summed E-state index contributed by atoms with van der Waals surface area (Å²) in [5.74, 6) is 1.03. The van der Waals surface area contributed by atoms with Crippen LogP contribution >= 0.6 is 11.6 Å². The maximum absolute atomic E-state index is 13.0. The molecule has 0 N–H and O–H groups in total. The van der Waals surface area contributed by atoms with Gasteiger partial charge in [0.1, 0.15) is 17.2 Å². The molecule has 1 aliphatic heterocycles. The normalized spacial score (nSPS) is 23.0. The number of fused-ring (bicyclic) bond motifs is 1. The van der Waals surface area contributed by atoms with E-state index in [0.29, 0.717) is 5.88 Å². The van der Waals surface area contributed by atoms with Crippen molar-refractivity contribution in [3.63, 3.8) is 0 Å². The van der Waals surface area contributed by atoms with E-state index in [4.69, 9.17) is 16.3 Å². The van der Waals surface area contributed by atoms with Crippen LogP contribution in [0.15, 0.2) is 18.2 Å². The SMILES string of the molecule is CC1(C)Oc2ccc(F)cc2C1CCl. The summed E-state index contributed by atoms with van der Waals surface area (Å²) in [7, 11) is 0. The number of ether oxygens (including phenoxy) is 1. The maximum atomic E-state index is 13.0.